The second kappa shape index (κ2) is 7.64. The average Bonchev–Trinajstić information content (AvgIpc) is 3.42. The molecule has 152 valence electrons. The zero-order valence-electron chi connectivity index (χ0n) is 16.9. The number of carbonyl (C=O) groups is 2. The van der Waals surface area contributed by atoms with Crippen molar-refractivity contribution >= 4 is 17.5 Å². The van der Waals surface area contributed by atoms with Gasteiger partial charge in [0.25, 0.3) is 0 Å². The van der Waals surface area contributed by atoms with Crippen molar-refractivity contribution in [3.8, 4) is 11.5 Å². The SMILES string of the molecule is COc1ccc(N2CC(C(=O)NC(C)C3CC4CCC3C4)CC2=O)cc1OC. The van der Waals surface area contributed by atoms with Crippen LogP contribution >= 0.6 is 0 Å². The standard InChI is InChI=1S/C22H30N2O4/c1-13(18-9-14-4-5-15(18)8-14)23-22(26)16-10-21(25)24(12-16)17-6-7-19(27-2)20(11-17)28-3/h6-7,11,13-16,18H,4-5,8-10,12H2,1-3H3,(H,23,26). The van der Waals surface area contributed by atoms with Crippen molar-refractivity contribution in [1.82, 2.24) is 5.32 Å². The van der Waals surface area contributed by atoms with E-state index in [4.69, 9.17) is 9.47 Å². The Morgan fingerprint density at radius 1 is 1.18 bits per heavy atom. The molecule has 1 aromatic rings. The van der Waals surface area contributed by atoms with E-state index >= 15 is 0 Å². The second-order valence-corrected chi connectivity index (χ2v) is 8.58. The van der Waals surface area contributed by atoms with E-state index in [9.17, 15) is 9.59 Å². The van der Waals surface area contributed by atoms with Gasteiger partial charge in [-0.25, -0.2) is 0 Å². The van der Waals surface area contributed by atoms with Crippen molar-refractivity contribution in [2.24, 2.45) is 23.7 Å². The molecular weight excluding hydrogens is 356 g/mol. The van der Waals surface area contributed by atoms with Gasteiger partial charge in [0.15, 0.2) is 11.5 Å². The van der Waals surface area contributed by atoms with Crippen LogP contribution in [-0.4, -0.2) is 38.6 Å². The number of benzene rings is 1. The lowest BCUT2D eigenvalue weighted by atomic mass is 9.84. The summed E-state index contributed by atoms with van der Waals surface area (Å²) in [6, 6.07) is 5.59. The van der Waals surface area contributed by atoms with Gasteiger partial charge in [0.1, 0.15) is 0 Å². The van der Waals surface area contributed by atoms with Crippen LogP contribution in [0.15, 0.2) is 18.2 Å². The van der Waals surface area contributed by atoms with Crippen LogP contribution in [-0.2, 0) is 9.59 Å². The van der Waals surface area contributed by atoms with Gasteiger partial charge in [0, 0.05) is 30.8 Å². The number of nitrogens with zero attached hydrogens (tertiary/aromatic N) is 1. The number of carbonyl (C=O) groups excluding carboxylic acids is 2. The summed E-state index contributed by atoms with van der Waals surface area (Å²) in [5, 5.41) is 3.22. The second-order valence-electron chi connectivity index (χ2n) is 8.58. The summed E-state index contributed by atoms with van der Waals surface area (Å²) in [5.74, 6) is 3.10. The molecule has 6 heteroatoms. The molecule has 0 aromatic heterocycles. The van der Waals surface area contributed by atoms with Gasteiger partial charge in [-0.2, -0.15) is 0 Å². The molecular formula is C22H30N2O4. The molecule has 6 nitrogen and oxygen atoms in total. The third kappa shape index (κ3) is 3.45. The minimum absolute atomic E-state index is 0.00611. The van der Waals surface area contributed by atoms with Crippen molar-refractivity contribution in [3.63, 3.8) is 0 Å². The van der Waals surface area contributed by atoms with Gasteiger partial charge in [0.2, 0.25) is 11.8 Å². The van der Waals surface area contributed by atoms with Crippen LogP contribution in [0, 0.1) is 23.7 Å². The van der Waals surface area contributed by atoms with Gasteiger partial charge in [-0.05, 0) is 56.1 Å². The number of amides is 2. The molecule has 1 N–H and O–H groups in total. The van der Waals surface area contributed by atoms with Crippen LogP contribution in [0.5, 0.6) is 11.5 Å². The molecule has 5 unspecified atom stereocenters. The Kier molecular flexibility index (Phi) is 5.21. The fourth-order valence-corrected chi connectivity index (χ4v) is 5.48. The normalized spacial score (nSPS) is 29.8. The Morgan fingerprint density at radius 2 is 1.96 bits per heavy atom. The number of anilines is 1. The predicted molar refractivity (Wildman–Crippen MR) is 107 cm³/mol. The van der Waals surface area contributed by atoms with E-state index in [2.05, 4.69) is 12.2 Å². The molecule has 5 atom stereocenters. The fraction of sp³-hybridized carbons (Fsp3) is 0.636. The number of hydrogen-bond donors (Lipinski definition) is 1. The molecule has 2 saturated carbocycles. The van der Waals surface area contributed by atoms with Crippen LogP contribution < -0.4 is 19.7 Å². The summed E-state index contributed by atoms with van der Waals surface area (Å²) >= 11 is 0. The Balaban J connectivity index is 1.39. The van der Waals surface area contributed by atoms with Gasteiger partial charge < -0.3 is 19.7 Å². The van der Waals surface area contributed by atoms with Crippen LogP contribution in [0.1, 0.15) is 39.0 Å². The zero-order valence-corrected chi connectivity index (χ0v) is 16.9. The van der Waals surface area contributed by atoms with Gasteiger partial charge in [-0.1, -0.05) is 6.42 Å². The first-order chi connectivity index (χ1) is 13.5. The summed E-state index contributed by atoms with van der Waals surface area (Å²) in [4.78, 5) is 27.1. The number of fused-ring (bicyclic) bond motifs is 2. The largest absolute Gasteiger partial charge is 0.493 e. The van der Waals surface area contributed by atoms with E-state index in [1.807, 2.05) is 6.07 Å². The van der Waals surface area contributed by atoms with E-state index in [0.717, 1.165) is 17.5 Å². The molecule has 0 radical (unpaired) electrons. The lowest BCUT2D eigenvalue weighted by Crippen LogP contribution is -2.43. The maximum Gasteiger partial charge on any atom is 0.227 e. The first-order valence-corrected chi connectivity index (χ1v) is 10.3. The molecule has 2 aliphatic carbocycles. The van der Waals surface area contributed by atoms with Crippen LogP contribution in [0.4, 0.5) is 5.69 Å². The minimum Gasteiger partial charge on any atom is -0.493 e. The van der Waals surface area contributed by atoms with E-state index in [0.29, 0.717) is 24.0 Å². The smallest absolute Gasteiger partial charge is 0.227 e. The number of rotatable bonds is 6. The fourth-order valence-electron chi connectivity index (χ4n) is 5.48. The third-order valence-corrected chi connectivity index (χ3v) is 6.98. The quantitative estimate of drug-likeness (QED) is 0.816. The van der Waals surface area contributed by atoms with E-state index in [-0.39, 0.29) is 30.2 Å². The highest BCUT2D eigenvalue weighted by Crippen LogP contribution is 2.49. The van der Waals surface area contributed by atoms with Gasteiger partial charge >= 0.3 is 0 Å². The van der Waals surface area contributed by atoms with Gasteiger partial charge in [0.05, 0.1) is 20.1 Å². The van der Waals surface area contributed by atoms with E-state index < -0.39 is 0 Å². The van der Waals surface area contributed by atoms with Crippen molar-refractivity contribution in [2.75, 3.05) is 25.7 Å². The lowest BCUT2D eigenvalue weighted by molar-refractivity contribution is -0.127. The predicted octanol–water partition coefficient (Wildman–Crippen LogP) is 3.00. The summed E-state index contributed by atoms with van der Waals surface area (Å²) in [7, 11) is 3.15. The lowest BCUT2D eigenvalue weighted by Gasteiger charge is -2.29. The highest BCUT2D eigenvalue weighted by Gasteiger charge is 2.43. The number of methoxy groups -OCH3 is 2. The summed E-state index contributed by atoms with van der Waals surface area (Å²) < 4.78 is 10.6. The summed E-state index contributed by atoms with van der Waals surface area (Å²) in [6.45, 7) is 2.54. The molecule has 1 aromatic carbocycles. The molecule has 4 rings (SSSR count). The Morgan fingerprint density at radius 3 is 2.61 bits per heavy atom. The van der Waals surface area contributed by atoms with Crippen molar-refractivity contribution in [3.05, 3.63) is 18.2 Å². The van der Waals surface area contributed by atoms with E-state index in [1.54, 1.807) is 31.3 Å². The van der Waals surface area contributed by atoms with Crippen molar-refractivity contribution in [1.29, 1.82) is 0 Å². The van der Waals surface area contributed by atoms with Crippen LogP contribution in [0.25, 0.3) is 0 Å². The molecule has 0 spiro atoms. The molecule has 1 aliphatic heterocycles. The summed E-state index contributed by atoms with van der Waals surface area (Å²) in [6.07, 6.45) is 5.50. The minimum atomic E-state index is -0.304. The first kappa shape index (κ1) is 19.1. The van der Waals surface area contributed by atoms with E-state index in [1.165, 1.54) is 25.7 Å². The topological polar surface area (TPSA) is 67.9 Å². The molecule has 1 heterocycles. The Hall–Kier alpha value is -2.24. The van der Waals surface area contributed by atoms with Gasteiger partial charge in [-0.3, -0.25) is 9.59 Å². The molecule has 2 amide bonds. The van der Waals surface area contributed by atoms with Gasteiger partial charge in [-0.15, -0.1) is 0 Å². The first-order valence-electron chi connectivity index (χ1n) is 10.3. The zero-order chi connectivity index (χ0) is 19.8. The molecule has 3 fully saturated rings. The Bertz CT molecular complexity index is 765. The van der Waals surface area contributed by atoms with Crippen molar-refractivity contribution < 1.29 is 19.1 Å². The molecule has 2 bridgehead atoms. The van der Waals surface area contributed by atoms with Crippen LogP contribution in [0.3, 0.4) is 0 Å². The number of nitrogens with one attached hydrogen (secondary N) is 1. The maximum atomic E-state index is 12.8. The maximum absolute atomic E-state index is 12.8. The monoisotopic (exact) mass is 386 g/mol. The summed E-state index contributed by atoms with van der Waals surface area (Å²) in [5.41, 5.74) is 0.735. The molecule has 1 saturated heterocycles. The molecule has 28 heavy (non-hydrogen) atoms. The number of hydrogen-bond acceptors (Lipinski definition) is 4. The van der Waals surface area contributed by atoms with Crippen molar-refractivity contribution in [2.45, 2.75) is 45.1 Å². The average molecular weight is 386 g/mol. The molecule has 3 aliphatic rings. The highest BCUT2D eigenvalue weighted by molar-refractivity contribution is 6.00. The Labute approximate surface area is 166 Å². The third-order valence-electron chi connectivity index (χ3n) is 6.98. The van der Waals surface area contributed by atoms with Crippen LogP contribution in [0.2, 0.25) is 0 Å². The number of ether oxygens (including phenoxy) is 2. The highest BCUT2D eigenvalue weighted by atomic mass is 16.5.